The molecule has 9 nitrogen and oxygen atoms in total. The van der Waals surface area contributed by atoms with Crippen LogP contribution in [0.4, 0.5) is 0 Å². The van der Waals surface area contributed by atoms with Gasteiger partial charge in [-0.25, -0.2) is 8.42 Å². The number of carbonyl (C=O) groups is 1. The van der Waals surface area contributed by atoms with Crippen molar-refractivity contribution in [1.82, 2.24) is 14.1 Å². The molecular formula is C27H29N3O6S. The highest BCUT2D eigenvalue weighted by atomic mass is 32.2. The van der Waals surface area contributed by atoms with Crippen LogP contribution in [-0.2, 0) is 27.9 Å². The zero-order chi connectivity index (χ0) is 25.3. The fourth-order valence-electron chi connectivity index (χ4n) is 5.94. The molecule has 0 saturated heterocycles. The molecule has 4 aliphatic heterocycles. The van der Waals surface area contributed by atoms with Crippen molar-refractivity contribution >= 4 is 15.9 Å². The number of sulfonamides is 1. The Bertz CT molecular complexity index is 1420. The number of ether oxygens (including phenoxy) is 2. The Morgan fingerprint density at radius 2 is 1.65 bits per heavy atom. The van der Waals surface area contributed by atoms with Crippen LogP contribution in [0.1, 0.15) is 35.6 Å². The van der Waals surface area contributed by atoms with Crippen molar-refractivity contribution in [3.63, 3.8) is 0 Å². The summed E-state index contributed by atoms with van der Waals surface area (Å²) < 4.78 is 39.2. The van der Waals surface area contributed by atoms with Gasteiger partial charge in [-0.1, -0.05) is 18.2 Å². The van der Waals surface area contributed by atoms with E-state index < -0.39 is 16.1 Å². The minimum atomic E-state index is -3.73. The van der Waals surface area contributed by atoms with E-state index >= 15 is 0 Å². The number of amides is 1. The van der Waals surface area contributed by atoms with Crippen molar-refractivity contribution in [1.29, 1.82) is 0 Å². The third kappa shape index (κ3) is 3.94. The molecule has 0 unspecified atom stereocenters. The normalized spacial score (nSPS) is 22.4. The minimum Gasteiger partial charge on any atom is -0.486 e. The summed E-state index contributed by atoms with van der Waals surface area (Å²) in [7, 11) is -3.73. The number of fused-ring (bicyclic) bond motifs is 2. The zero-order valence-electron chi connectivity index (χ0n) is 20.4. The van der Waals surface area contributed by atoms with Gasteiger partial charge in [0.05, 0.1) is 4.90 Å². The molecule has 1 saturated carbocycles. The Morgan fingerprint density at radius 3 is 2.38 bits per heavy atom. The Morgan fingerprint density at radius 1 is 0.919 bits per heavy atom. The molecule has 0 spiro atoms. The molecular weight excluding hydrogens is 494 g/mol. The van der Waals surface area contributed by atoms with E-state index in [0.717, 1.165) is 29.8 Å². The first-order valence-corrected chi connectivity index (χ1v) is 14.2. The molecule has 2 aromatic rings. The van der Waals surface area contributed by atoms with Gasteiger partial charge in [0, 0.05) is 51.4 Å². The summed E-state index contributed by atoms with van der Waals surface area (Å²) in [5.41, 5.74) is 4.82. The van der Waals surface area contributed by atoms with Gasteiger partial charge < -0.3 is 19.5 Å². The van der Waals surface area contributed by atoms with E-state index in [1.54, 1.807) is 17.0 Å². The molecule has 10 heteroatoms. The van der Waals surface area contributed by atoms with Gasteiger partial charge in [0.15, 0.2) is 17.6 Å². The van der Waals surface area contributed by atoms with Crippen LogP contribution in [0.15, 0.2) is 52.4 Å². The Balaban J connectivity index is 1.02. The summed E-state index contributed by atoms with van der Waals surface area (Å²) in [6.07, 6.45) is 1.22. The second-order valence-electron chi connectivity index (χ2n) is 10.5. The molecule has 0 bridgehead atoms. The van der Waals surface area contributed by atoms with Gasteiger partial charge in [-0.05, 0) is 52.8 Å². The lowest BCUT2D eigenvalue weighted by atomic mass is 9.98. The summed E-state index contributed by atoms with van der Waals surface area (Å²) in [6, 6.07) is 11.2. The van der Waals surface area contributed by atoms with Crippen molar-refractivity contribution < 1.29 is 27.8 Å². The first kappa shape index (κ1) is 23.2. The van der Waals surface area contributed by atoms with E-state index in [2.05, 4.69) is 11.0 Å². The van der Waals surface area contributed by atoms with Crippen LogP contribution in [-0.4, -0.2) is 79.0 Å². The number of hydrogen-bond acceptors (Lipinski definition) is 7. The highest BCUT2D eigenvalue weighted by molar-refractivity contribution is 7.89. The molecule has 0 aromatic heterocycles. The lowest BCUT2D eigenvalue weighted by Gasteiger charge is -2.25. The molecule has 1 amide bonds. The van der Waals surface area contributed by atoms with E-state index in [4.69, 9.17) is 9.47 Å². The molecule has 194 valence electrons. The van der Waals surface area contributed by atoms with Crippen LogP contribution in [0, 0.1) is 0 Å². The topological polar surface area (TPSA) is 99.6 Å². The SMILES string of the molecule is O=C([C@H](O)c1cccc2c1CN(C1CC1)C2)N1CC2=C(C1)CN(S(=O)(=O)c1ccc3c(c1)OCCO3)C2. The summed E-state index contributed by atoms with van der Waals surface area (Å²) >= 11 is 0. The lowest BCUT2D eigenvalue weighted by Crippen LogP contribution is -2.38. The maximum atomic E-state index is 13.3. The molecule has 2 aromatic carbocycles. The number of nitrogens with zero attached hydrogens (tertiary/aromatic N) is 3. The number of hydrogen-bond donors (Lipinski definition) is 1. The number of aliphatic hydroxyl groups is 1. The van der Waals surface area contributed by atoms with Gasteiger partial charge in [-0.2, -0.15) is 4.31 Å². The molecule has 0 radical (unpaired) electrons. The van der Waals surface area contributed by atoms with Crippen LogP contribution < -0.4 is 9.47 Å². The van der Waals surface area contributed by atoms with Gasteiger partial charge in [0.25, 0.3) is 5.91 Å². The predicted molar refractivity (Wildman–Crippen MR) is 133 cm³/mol. The first-order valence-electron chi connectivity index (χ1n) is 12.8. The number of aliphatic hydroxyl groups excluding tert-OH is 1. The van der Waals surface area contributed by atoms with Crippen LogP contribution in [0.2, 0.25) is 0 Å². The third-order valence-corrected chi connectivity index (χ3v) is 9.88. The van der Waals surface area contributed by atoms with Crippen molar-refractivity contribution in [3.8, 4) is 11.5 Å². The molecule has 1 aliphatic carbocycles. The third-order valence-electron chi connectivity index (χ3n) is 8.10. The van der Waals surface area contributed by atoms with Gasteiger partial charge in [0.1, 0.15) is 13.2 Å². The highest BCUT2D eigenvalue weighted by Gasteiger charge is 2.40. The maximum Gasteiger partial charge on any atom is 0.256 e. The average molecular weight is 524 g/mol. The fraction of sp³-hybridized carbons (Fsp3) is 0.444. The molecule has 4 heterocycles. The highest BCUT2D eigenvalue weighted by Crippen LogP contribution is 2.39. The van der Waals surface area contributed by atoms with Gasteiger partial charge in [0.2, 0.25) is 10.0 Å². The van der Waals surface area contributed by atoms with Crippen LogP contribution >= 0.6 is 0 Å². The smallest absolute Gasteiger partial charge is 0.256 e. The van der Waals surface area contributed by atoms with Crippen molar-refractivity contribution in [2.45, 2.75) is 43.0 Å². The summed E-state index contributed by atoms with van der Waals surface area (Å²) in [5.74, 6) is 0.656. The predicted octanol–water partition coefficient (Wildman–Crippen LogP) is 1.81. The minimum absolute atomic E-state index is 0.166. The van der Waals surface area contributed by atoms with Gasteiger partial charge >= 0.3 is 0 Å². The standard InChI is InChI=1S/C27H29N3O6S/c31-26(22-3-1-2-17-11-28(16-23(17)22)20-4-5-20)27(32)29-12-18-14-30(15-19(18)13-29)37(33,34)21-6-7-24-25(10-21)36-9-8-35-24/h1-3,6-7,10,20,26,31H,4-5,8-9,11-16H2/t26-/m1/s1. The zero-order valence-corrected chi connectivity index (χ0v) is 21.2. The molecule has 1 fully saturated rings. The van der Waals surface area contributed by atoms with Crippen molar-refractivity contribution in [3.05, 3.63) is 64.2 Å². The largest absolute Gasteiger partial charge is 0.486 e. The van der Waals surface area contributed by atoms with Crippen LogP contribution in [0.5, 0.6) is 11.5 Å². The van der Waals surface area contributed by atoms with Crippen LogP contribution in [0.3, 0.4) is 0 Å². The molecule has 5 aliphatic rings. The van der Waals surface area contributed by atoms with E-state index in [0.29, 0.717) is 49.4 Å². The molecule has 1 N–H and O–H groups in total. The summed E-state index contributed by atoms with van der Waals surface area (Å²) in [6.45, 7) is 3.63. The van der Waals surface area contributed by atoms with Crippen LogP contribution in [0.25, 0.3) is 0 Å². The first-order chi connectivity index (χ1) is 17.9. The lowest BCUT2D eigenvalue weighted by molar-refractivity contribution is -0.139. The average Bonchev–Trinajstić information content (AvgIpc) is 3.34. The second-order valence-corrected chi connectivity index (χ2v) is 12.4. The fourth-order valence-corrected chi connectivity index (χ4v) is 7.38. The van der Waals surface area contributed by atoms with Crippen molar-refractivity contribution in [2.24, 2.45) is 0 Å². The quantitative estimate of drug-likeness (QED) is 0.597. The maximum absolute atomic E-state index is 13.3. The molecule has 37 heavy (non-hydrogen) atoms. The van der Waals surface area contributed by atoms with E-state index in [1.165, 1.54) is 28.8 Å². The Labute approximate surface area is 215 Å². The van der Waals surface area contributed by atoms with Crippen molar-refractivity contribution in [2.75, 3.05) is 39.4 Å². The van der Waals surface area contributed by atoms with E-state index in [1.807, 2.05) is 12.1 Å². The molecule has 7 rings (SSSR count). The molecule has 1 atom stereocenters. The summed E-state index contributed by atoms with van der Waals surface area (Å²) in [4.78, 5) is 17.6. The number of benzene rings is 2. The monoisotopic (exact) mass is 523 g/mol. The number of carbonyl (C=O) groups excluding carboxylic acids is 1. The number of rotatable bonds is 5. The summed E-state index contributed by atoms with van der Waals surface area (Å²) in [5, 5.41) is 11.1. The van der Waals surface area contributed by atoms with E-state index in [9.17, 15) is 18.3 Å². The van der Waals surface area contributed by atoms with Gasteiger partial charge in [-0.15, -0.1) is 0 Å². The van der Waals surface area contributed by atoms with E-state index in [-0.39, 0.29) is 23.9 Å². The Kier molecular flexibility index (Phi) is 5.37. The second kappa shape index (κ2) is 8.56. The van der Waals surface area contributed by atoms with Gasteiger partial charge in [-0.3, -0.25) is 9.69 Å². The Hall–Kier alpha value is -2.92.